The second-order valence-electron chi connectivity index (χ2n) is 5.78. The molecule has 0 spiro atoms. The molecule has 0 saturated carbocycles. The summed E-state index contributed by atoms with van der Waals surface area (Å²) in [5.74, 6) is 0. The molecule has 0 atom stereocenters. The third kappa shape index (κ3) is 4.53. The Bertz CT molecular complexity index is 752. The maximum atomic E-state index is 3.51. The second-order valence-corrected chi connectivity index (χ2v) is 5.78. The highest BCUT2D eigenvalue weighted by Gasteiger charge is 2.01. The number of rotatable bonds is 7. The summed E-state index contributed by atoms with van der Waals surface area (Å²) >= 11 is 0. The Morgan fingerprint density at radius 3 is 1.96 bits per heavy atom. The van der Waals surface area contributed by atoms with Gasteiger partial charge >= 0.3 is 0 Å². The average molecular weight is 317 g/mol. The van der Waals surface area contributed by atoms with Crippen molar-refractivity contribution in [1.82, 2.24) is 0 Å². The summed E-state index contributed by atoms with van der Waals surface area (Å²) in [6.45, 7) is 3.59. The van der Waals surface area contributed by atoms with Gasteiger partial charge in [-0.1, -0.05) is 60.2 Å². The van der Waals surface area contributed by atoms with Gasteiger partial charge in [0.1, 0.15) is 0 Å². The van der Waals surface area contributed by atoms with Gasteiger partial charge in [0.05, 0.1) is 18.0 Å². The highest BCUT2D eigenvalue weighted by Crippen LogP contribution is 2.21. The first kappa shape index (κ1) is 15.9. The van der Waals surface area contributed by atoms with E-state index < -0.39 is 0 Å². The minimum absolute atomic E-state index is 0.674. The van der Waals surface area contributed by atoms with Crippen molar-refractivity contribution < 1.29 is 0 Å². The Labute approximate surface area is 143 Å². The molecule has 0 radical (unpaired) electrons. The van der Waals surface area contributed by atoms with E-state index in [-0.39, 0.29) is 0 Å². The average Bonchev–Trinajstić information content (AvgIpc) is 2.63. The summed E-state index contributed by atoms with van der Waals surface area (Å²) in [5.41, 5.74) is 5.86. The van der Waals surface area contributed by atoms with Crippen LogP contribution in [0.4, 0.5) is 17.1 Å². The lowest BCUT2D eigenvalue weighted by Crippen LogP contribution is -2.13. The molecule has 3 heteroatoms. The molecule has 0 saturated heterocycles. The van der Waals surface area contributed by atoms with Crippen LogP contribution in [0.2, 0.25) is 0 Å². The molecule has 0 aliphatic heterocycles. The first-order valence-electron chi connectivity index (χ1n) is 8.22. The molecule has 3 nitrogen and oxygen atoms in total. The van der Waals surface area contributed by atoms with E-state index in [1.165, 1.54) is 11.1 Å². The number of hydrogen-bond donors (Lipinski definition) is 3. The van der Waals surface area contributed by atoms with Crippen LogP contribution in [0.5, 0.6) is 0 Å². The summed E-state index contributed by atoms with van der Waals surface area (Å²) in [7, 11) is 0. The van der Waals surface area contributed by atoms with Crippen molar-refractivity contribution in [2.24, 2.45) is 0 Å². The van der Waals surface area contributed by atoms with Crippen molar-refractivity contribution in [2.75, 3.05) is 22.6 Å². The summed E-state index contributed by atoms with van der Waals surface area (Å²) in [5, 5.41) is 10.3. The molecule has 0 aliphatic carbocycles. The number of anilines is 3. The van der Waals surface area contributed by atoms with Gasteiger partial charge in [0.25, 0.3) is 0 Å². The third-order valence-electron chi connectivity index (χ3n) is 3.88. The van der Waals surface area contributed by atoms with Crippen molar-refractivity contribution >= 4 is 17.1 Å². The summed E-state index contributed by atoms with van der Waals surface area (Å²) in [6, 6.07) is 27.1. The van der Waals surface area contributed by atoms with Gasteiger partial charge in [0.2, 0.25) is 0 Å². The highest BCUT2D eigenvalue weighted by molar-refractivity contribution is 5.69. The fourth-order valence-corrected chi connectivity index (χ4v) is 2.49. The van der Waals surface area contributed by atoms with Crippen molar-refractivity contribution in [1.29, 1.82) is 0 Å². The van der Waals surface area contributed by atoms with Gasteiger partial charge < -0.3 is 16.0 Å². The van der Waals surface area contributed by atoms with Gasteiger partial charge in [0.15, 0.2) is 0 Å². The van der Waals surface area contributed by atoms with Crippen LogP contribution < -0.4 is 16.0 Å². The van der Waals surface area contributed by atoms with Crippen LogP contribution >= 0.6 is 0 Å². The van der Waals surface area contributed by atoms with E-state index in [4.69, 9.17) is 0 Å². The molecule has 0 amide bonds. The van der Waals surface area contributed by atoms with Gasteiger partial charge in [-0.2, -0.15) is 0 Å². The van der Waals surface area contributed by atoms with Crippen molar-refractivity contribution in [3.8, 4) is 0 Å². The van der Waals surface area contributed by atoms with Crippen LogP contribution in [0.1, 0.15) is 11.1 Å². The van der Waals surface area contributed by atoms with Crippen LogP contribution in [0.25, 0.3) is 0 Å². The molecule has 0 fully saturated rings. The molecule has 0 aromatic heterocycles. The van der Waals surface area contributed by atoms with E-state index in [1.807, 2.05) is 30.3 Å². The maximum absolute atomic E-state index is 3.51. The van der Waals surface area contributed by atoms with E-state index in [2.05, 4.69) is 71.4 Å². The predicted octanol–water partition coefficient (Wildman–Crippen LogP) is 5.09. The van der Waals surface area contributed by atoms with E-state index in [0.717, 1.165) is 23.6 Å². The van der Waals surface area contributed by atoms with Crippen LogP contribution in [-0.4, -0.2) is 6.67 Å². The molecule has 0 aliphatic rings. The largest absolute Gasteiger partial charge is 0.379 e. The molecule has 3 aromatic rings. The number of nitrogens with one attached hydrogen (secondary N) is 3. The number of aryl methyl sites for hydroxylation is 1. The Morgan fingerprint density at radius 2 is 1.25 bits per heavy atom. The van der Waals surface area contributed by atoms with Crippen LogP contribution in [-0.2, 0) is 6.54 Å². The Hall–Kier alpha value is -2.94. The first-order valence-corrected chi connectivity index (χ1v) is 8.22. The van der Waals surface area contributed by atoms with Crippen LogP contribution in [0, 0.1) is 6.92 Å². The lowest BCUT2D eigenvalue weighted by molar-refractivity contribution is 1.14. The van der Waals surface area contributed by atoms with Gasteiger partial charge in [0, 0.05) is 12.2 Å². The minimum atomic E-state index is 0.674. The van der Waals surface area contributed by atoms with Crippen molar-refractivity contribution in [2.45, 2.75) is 13.5 Å². The van der Waals surface area contributed by atoms with E-state index in [0.29, 0.717) is 6.67 Å². The molecule has 0 heterocycles. The van der Waals surface area contributed by atoms with Gasteiger partial charge in [-0.15, -0.1) is 0 Å². The van der Waals surface area contributed by atoms with Crippen molar-refractivity contribution in [3.05, 3.63) is 90.0 Å². The lowest BCUT2D eigenvalue weighted by atomic mass is 10.1. The third-order valence-corrected chi connectivity index (χ3v) is 3.88. The molecule has 3 N–H and O–H groups in total. The van der Waals surface area contributed by atoms with Gasteiger partial charge in [-0.25, -0.2) is 0 Å². The number of hydrogen-bond acceptors (Lipinski definition) is 3. The zero-order valence-corrected chi connectivity index (χ0v) is 13.9. The quantitative estimate of drug-likeness (QED) is 0.531. The number of para-hydroxylation sites is 3. The zero-order valence-electron chi connectivity index (χ0n) is 13.9. The van der Waals surface area contributed by atoms with E-state index in [1.54, 1.807) is 0 Å². The lowest BCUT2D eigenvalue weighted by Gasteiger charge is -2.15. The molecular formula is C21H23N3. The molecule has 3 rings (SSSR count). The van der Waals surface area contributed by atoms with Crippen LogP contribution in [0.3, 0.4) is 0 Å². The molecule has 122 valence electrons. The molecule has 24 heavy (non-hydrogen) atoms. The normalized spacial score (nSPS) is 10.2. The molecule has 0 bridgehead atoms. The fraction of sp³-hybridized carbons (Fsp3) is 0.143. The smallest absolute Gasteiger partial charge is 0.0850 e. The van der Waals surface area contributed by atoms with Crippen molar-refractivity contribution in [3.63, 3.8) is 0 Å². The SMILES string of the molecule is Cc1ccc(CNc2ccccc2NCNc2ccccc2)cc1. The maximum Gasteiger partial charge on any atom is 0.0850 e. The topological polar surface area (TPSA) is 36.1 Å². The predicted molar refractivity (Wildman–Crippen MR) is 104 cm³/mol. The molecular weight excluding hydrogens is 294 g/mol. The molecule has 0 unspecified atom stereocenters. The minimum Gasteiger partial charge on any atom is -0.379 e. The Kier molecular flexibility index (Phi) is 5.36. The highest BCUT2D eigenvalue weighted by atomic mass is 15.1. The van der Waals surface area contributed by atoms with E-state index in [9.17, 15) is 0 Å². The summed E-state index contributed by atoms with van der Waals surface area (Å²) < 4.78 is 0. The van der Waals surface area contributed by atoms with Gasteiger partial charge in [-0.05, 0) is 36.8 Å². The summed E-state index contributed by atoms with van der Waals surface area (Å²) in [6.07, 6.45) is 0. The zero-order chi connectivity index (χ0) is 16.6. The van der Waals surface area contributed by atoms with Gasteiger partial charge in [-0.3, -0.25) is 0 Å². The Morgan fingerprint density at radius 1 is 0.625 bits per heavy atom. The number of benzene rings is 3. The summed E-state index contributed by atoms with van der Waals surface area (Å²) in [4.78, 5) is 0. The van der Waals surface area contributed by atoms with Crippen LogP contribution in [0.15, 0.2) is 78.9 Å². The first-order chi connectivity index (χ1) is 11.8. The Balaban J connectivity index is 1.57. The standard InChI is InChI=1S/C21H23N3/c1-17-11-13-18(14-12-17)15-22-20-9-5-6-10-21(20)24-16-23-19-7-3-2-4-8-19/h2-14,22-24H,15-16H2,1H3. The van der Waals surface area contributed by atoms with E-state index >= 15 is 0 Å². The molecule has 3 aromatic carbocycles. The second kappa shape index (κ2) is 8.06. The monoisotopic (exact) mass is 317 g/mol. The fourth-order valence-electron chi connectivity index (χ4n) is 2.49.